The molecular weight excluding hydrogens is 1090 g/mol. The van der Waals surface area contributed by atoms with Crippen molar-refractivity contribution in [2.75, 3.05) is 26.4 Å². The van der Waals surface area contributed by atoms with Gasteiger partial charge < -0.3 is 33.4 Å². The molecular formula is C46H41BrCl2F6N8O10. The van der Waals surface area contributed by atoms with E-state index in [2.05, 4.69) is 35.4 Å². The molecule has 0 aliphatic rings. The minimum absolute atomic E-state index is 0.0233. The van der Waals surface area contributed by atoms with E-state index in [1.165, 1.54) is 65.2 Å². The van der Waals surface area contributed by atoms with E-state index in [-0.39, 0.29) is 73.0 Å². The number of aliphatic hydroxyl groups is 1. The highest BCUT2D eigenvalue weighted by Crippen LogP contribution is 2.28. The number of aromatic nitrogens is 8. The van der Waals surface area contributed by atoms with Crippen molar-refractivity contribution >= 4 is 61.5 Å². The Morgan fingerprint density at radius 1 is 0.548 bits per heavy atom. The number of ether oxygens (including phenoxy) is 5. The third-order valence-electron chi connectivity index (χ3n) is 10.1. The van der Waals surface area contributed by atoms with E-state index in [0.717, 1.165) is 38.5 Å². The summed E-state index contributed by atoms with van der Waals surface area (Å²) < 4.78 is 105. The first-order valence-electron chi connectivity index (χ1n) is 21.1. The summed E-state index contributed by atoms with van der Waals surface area (Å²) in [4.78, 5) is 58.3. The zero-order valence-electron chi connectivity index (χ0n) is 38.6. The Balaban J connectivity index is 0.000000199. The number of fused-ring (bicyclic) bond motifs is 2. The molecule has 8 rings (SSSR count). The number of rotatable bonds is 14. The van der Waals surface area contributed by atoms with E-state index in [1.807, 2.05) is 12.1 Å². The fourth-order valence-corrected chi connectivity index (χ4v) is 7.49. The predicted octanol–water partition coefficient (Wildman–Crippen LogP) is 7.35. The summed E-state index contributed by atoms with van der Waals surface area (Å²) in [5.41, 5.74) is 0.971. The second-order valence-corrected chi connectivity index (χ2v) is 16.9. The Labute approximate surface area is 426 Å². The fourth-order valence-electron chi connectivity index (χ4n) is 6.77. The molecule has 0 amide bonds. The SMILES string of the molecule is Cn1c(=O)c2c(nc(Br)n2Cc2ccc(Cl)cc2)n(C)c1=O.Cn1c(=O)c2c(nc(OCCOc3cccc(OC(F)(F)F)c3)n2Cc2ccc(Cl)cc2)n(C)c1=O.OCCOc1cccc(OC(F)(F)F)c1. The van der Waals surface area contributed by atoms with Crippen molar-refractivity contribution in [3.63, 3.8) is 0 Å². The smallest absolute Gasteiger partial charge is 0.491 e. The van der Waals surface area contributed by atoms with Gasteiger partial charge in [-0.25, -0.2) is 14.6 Å². The second kappa shape index (κ2) is 23.6. The zero-order chi connectivity index (χ0) is 53.4. The first-order valence-corrected chi connectivity index (χ1v) is 22.7. The average Bonchev–Trinajstić information content (AvgIpc) is 3.86. The average molecular weight is 1130 g/mol. The molecule has 18 nitrogen and oxygen atoms in total. The minimum atomic E-state index is -4.82. The number of aryl methyl sites for hydroxylation is 2. The molecule has 0 spiro atoms. The molecule has 8 aromatic rings. The molecule has 0 atom stereocenters. The quantitative estimate of drug-likeness (QED) is 0.0649. The van der Waals surface area contributed by atoms with Gasteiger partial charge in [0, 0.05) is 50.4 Å². The fraction of sp³-hybridized carbons (Fsp3) is 0.261. The molecule has 4 aromatic heterocycles. The van der Waals surface area contributed by atoms with E-state index in [9.17, 15) is 45.5 Å². The van der Waals surface area contributed by atoms with Gasteiger partial charge in [-0.3, -0.25) is 32.4 Å². The first-order chi connectivity index (χ1) is 34.4. The number of aliphatic hydroxyl groups excluding tert-OH is 1. The Morgan fingerprint density at radius 2 is 0.945 bits per heavy atom. The summed E-state index contributed by atoms with van der Waals surface area (Å²) in [6, 6.07) is 24.6. The summed E-state index contributed by atoms with van der Waals surface area (Å²) >= 11 is 15.2. The molecule has 0 saturated heterocycles. The van der Waals surface area contributed by atoms with E-state index < -0.39 is 35.4 Å². The summed E-state index contributed by atoms with van der Waals surface area (Å²) in [5.74, 6) is -0.405. The van der Waals surface area contributed by atoms with Crippen LogP contribution in [0.3, 0.4) is 0 Å². The summed E-state index contributed by atoms with van der Waals surface area (Å²) in [6.45, 7) is 0.370. The van der Waals surface area contributed by atoms with Crippen molar-refractivity contribution in [1.29, 1.82) is 0 Å². The third kappa shape index (κ3) is 14.3. The van der Waals surface area contributed by atoms with E-state index in [1.54, 1.807) is 48.0 Å². The summed E-state index contributed by atoms with van der Waals surface area (Å²) in [6.07, 6.45) is -9.53. The molecule has 0 radical (unpaired) electrons. The number of halogens is 9. The van der Waals surface area contributed by atoms with Crippen molar-refractivity contribution in [2.45, 2.75) is 25.8 Å². The number of benzene rings is 4. The van der Waals surface area contributed by atoms with Gasteiger partial charge in [0.1, 0.15) is 42.8 Å². The van der Waals surface area contributed by atoms with Crippen LogP contribution in [-0.2, 0) is 41.3 Å². The van der Waals surface area contributed by atoms with E-state index >= 15 is 0 Å². The monoisotopic (exact) mass is 1130 g/mol. The lowest BCUT2D eigenvalue weighted by atomic mass is 10.2. The lowest BCUT2D eigenvalue weighted by Gasteiger charge is -2.12. The minimum Gasteiger partial charge on any atom is -0.491 e. The zero-order valence-corrected chi connectivity index (χ0v) is 41.7. The third-order valence-corrected chi connectivity index (χ3v) is 11.3. The van der Waals surface area contributed by atoms with Crippen molar-refractivity contribution in [1.82, 2.24) is 37.4 Å². The van der Waals surface area contributed by atoms with Gasteiger partial charge in [-0.1, -0.05) is 59.6 Å². The molecule has 0 aliphatic carbocycles. The standard InChI is InChI=1S/C23H20ClF3N4O5.C14H12BrClN4O2.C9H9F3O3/c1-29-19-18(20(32)30(2)22(29)33)31(13-14-6-8-15(24)9-7-14)21(28-19)35-11-10-34-16-4-3-5-17(12-16)36-23(25,26)27;1-18-11-10(12(21)19(2)14(18)22)20(13(15)17-11)7-8-3-5-9(16)6-4-8;10-9(11,12)15-8-3-1-2-7(6-8)14-5-4-13/h3-9,12H,10-11,13H2,1-2H3;3-6H,7H2,1-2H3;1-3,6,13H,4-5H2. The molecule has 0 saturated carbocycles. The predicted molar refractivity (Wildman–Crippen MR) is 259 cm³/mol. The largest absolute Gasteiger partial charge is 0.573 e. The first kappa shape index (κ1) is 55.1. The summed E-state index contributed by atoms with van der Waals surface area (Å²) in [5, 5.41) is 9.64. The maximum absolute atomic E-state index is 12.9. The molecule has 1 N–H and O–H groups in total. The molecule has 0 bridgehead atoms. The molecule has 388 valence electrons. The van der Waals surface area contributed by atoms with Crippen LogP contribution in [0.4, 0.5) is 26.3 Å². The highest BCUT2D eigenvalue weighted by atomic mass is 79.9. The van der Waals surface area contributed by atoms with Gasteiger partial charge in [-0.15, -0.1) is 26.3 Å². The topological polar surface area (TPSA) is 190 Å². The lowest BCUT2D eigenvalue weighted by molar-refractivity contribution is -0.275. The molecule has 0 unspecified atom stereocenters. The van der Waals surface area contributed by atoms with Crippen LogP contribution in [0, 0.1) is 0 Å². The van der Waals surface area contributed by atoms with Gasteiger partial charge in [0.05, 0.1) is 19.7 Å². The molecule has 73 heavy (non-hydrogen) atoms. The van der Waals surface area contributed by atoms with Gasteiger partial charge in [0.25, 0.3) is 17.1 Å². The van der Waals surface area contributed by atoms with Crippen LogP contribution < -0.4 is 46.2 Å². The molecule has 0 aliphatic heterocycles. The van der Waals surface area contributed by atoms with Crippen LogP contribution in [0.25, 0.3) is 22.3 Å². The van der Waals surface area contributed by atoms with Gasteiger partial charge in [-0.05, 0) is 75.6 Å². The van der Waals surface area contributed by atoms with E-state index in [4.69, 9.17) is 42.5 Å². The van der Waals surface area contributed by atoms with Crippen molar-refractivity contribution in [3.05, 3.63) is 165 Å². The summed E-state index contributed by atoms with van der Waals surface area (Å²) in [7, 11) is 5.91. The maximum Gasteiger partial charge on any atom is 0.573 e. The molecule has 27 heteroatoms. The van der Waals surface area contributed by atoms with Gasteiger partial charge in [0.2, 0.25) is 0 Å². The Morgan fingerprint density at radius 3 is 1.40 bits per heavy atom. The molecule has 0 fully saturated rings. The number of imidazole rings is 2. The van der Waals surface area contributed by atoms with E-state index in [0.29, 0.717) is 32.5 Å². The van der Waals surface area contributed by atoms with Gasteiger partial charge >= 0.3 is 24.1 Å². The lowest BCUT2D eigenvalue weighted by Crippen LogP contribution is -2.37. The number of hydrogen-bond donors (Lipinski definition) is 1. The van der Waals surface area contributed by atoms with Gasteiger partial charge in [0.15, 0.2) is 27.1 Å². The Kier molecular flexibility index (Phi) is 17.8. The Hall–Kier alpha value is -7.22. The second-order valence-electron chi connectivity index (χ2n) is 15.3. The van der Waals surface area contributed by atoms with Gasteiger partial charge in [-0.2, -0.15) is 4.98 Å². The van der Waals surface area contributed by atoms with Crippen LogP contribution in [-0.4, -0.2) is 81.6 Å². The molecule has 4 aromatic carbocycles. The Bertz CT molecular complexity index is 3470. The number of hydrogen-bond acceptors (Lipinski definition) is 12. The normalized spacial score (nSPS) is 11.4. The number of alkyl halides is 6. The van der Waals surface area contributed by atoms with Crippen LogP contribution in [0.5, 0.6) is 29.0 Å². The highest BCUT2D eigenvalue weighted by Gasteiger charge is 2.32. The number of nitrogens with zero attached hydrogens (tertiary/aromatic N) is 8. The van der Waals surface area contributed by atoms with Crippen LogP contribution in [0.2, 0.25) is 10.0 Å². The maximum atomic E-state index is 12.9. The van der Waals surface area contributed by atoms with Crippen LogP contribution in [0.1, 0.15) is 11.1 Å². The van der Waals surface area contributed by atoms with Crippen molar-refractivity contribution in [3.8, 4) is 29.0 Å². The van der Waals surface area contributed by atoms with Crippen LogP contribution >= 0.6 is 39.1 Å². The van der Waals surface area contributed by atoms with Crippen LogP contribution in [0.15, 0.2) is 121 Å². The molecule has 4 heterocycles. The van der Waals surface area contributed by atoms with Crippen molar-refractivity contribution in [2.24, 2.45) is 28.2 Å². The highest BCUT2D eigenvalue weighted by molar-refractivity contribution is 9.10. The van der Waals surface area contributed by atoms with Crippen molar-refractivity contribution < 1.29 is 55.1 Å².